The van der Waals surface area contributed by atoms with Crippen molar-refractivity contribution in [2.24, 2.45) is 0 Å². The van der Waals surface area contributed by atoms with Crippen LogP contribution in [-0.2, 0) is 0 Å². The Morgan fingerprint density at radius 2 is 1.58 bits per heavy atom. The van der Waals surface area contributed by atoms with Gasteiger partial charge in [0.25, 0.3) is 0 Å². The molecule has 0 bridgehead atoms. The van der Waals surface area contributed by atoms with Gasteiger partial charge in [0, 0.05) is 6.04 Å². The lowest BCUT2D eigenvalue weighted by molar-refractivity contribution is 0.577. The molecule has 0 spiro atoms. The zero-order chi connectivity index (χ0) is 13.8. The van der Waals surface area contributed by atoms with Gasteiger partial charge in [-0.15, -0.1) is 0 Å². The molecule has 1 N–H and O–H groups in total. The van der Waals surface area contributed by atoms with Crippen LogP contribution in [0.1, 0.15) is 24.9 Å². The monoisotopic (exact) mass is 293 g/mol. The fourth-order valence-electron chi connectivity index (χ4n) is 2.19. The predicted molar refractivity (Wildman–Crippen MR) is 84.0 cm³/mol. The molecule has 3 heteroatoms. The van der Waals surface area contributed by atoms with Crippen LogP contribution in [0.15, 0.2) is 42.5 Å². The van der Waals surface area contributed by atoms with Gasteiger partial charge in [0.1, 0.15) is 0 Å². The molecule has 100 valence electrons. The fourth-order valence-corrected chi connectivity index (χ4v) is 2.49. The first-order valence-electron chi connectivity index (χ1n) is 6.38. The molecule has 0 aliphatic heterocycles. The molecule has 0 saturated carbocycles. The highest BCUT2D eigenvalue weighted by molar-refractivity contribution is 6.42. The summed E-state index contributed by atoms with van der Waals surface area (Å²) < 4.78 is 0. The van der Waals surface area contributed by atoms with Gasteiger partial charge in [0.05, 0.1) is 10.0 Å². The van der Waals surface area contributed by atoms with E-state index in [1.165, 1.54) is 5.56 Å². The Bertz CT molecular complexity index is 545. The van der Waals surface area contributed by atoms with Crippen molar-refractivity contribution < 1.29 is 0 Å². The summed E-state index contributed by atoms with van der Waals surface area (Å²) in [6, 6.07) is 14.7. The minimum absolute atomic E-state index is 0.405. The van der Waals surface area contributed by atoms with E-state index >= 15 is 0 Å². The normalized spacial score (nSPS) is 12.4. The van der Waals surface area contributed by atoms with Crippen molar-refractivity contribution in [3.8, 4) is 11.1 Å². The van der Waals surface area contributed by atoms with Gasteiger partial charge in [0.15, 0.2) is 0 Å². The summed E-state index contributed by atoms with van der Waals surface area (Å²) in [5, 5.41) is 4.48. The molecule has 2 rings (SSSR count). The molecule has 0 aliphatic carbocycles. The molecule has 0 saturated heterocycles. The van der Waals surface area contributed by atoms with E-state index in [0.29, 0.717) is 16.1 Å². The van der Waals surface area contributed by atoms with Crippen molar-refractivity contribution in [2.45, 2.75) is 19.4 Å². The van der Waals surface area contributed by atoms with E-state index in [9.17, 15) is 0 Å². The van der Waals surface area contributed by atoms with Crippen LogP contribution in [0.2, 0.25) is 10.0 Å². The summed E-state index contributed by atoms with van der Waals surface area (Å²) in [4.78, 5) is 0. The first kappa shape index (κ1) is 14.4. The number of benzene rings is 2. The zero-order valence-corrected chi connectivity index (χ0v) is 12.6. The van der Waals surface area contributed by atoms with Crippen molar-refractivity contribution >= 4 is 23.2 Å². The molecule has 0 fully saturated rings. The van der Waals surface area contributed by atoms with Crippen LogP contribution in [0, 0.1) is 0 Å². The van der Waals surface area contributed by atoms with E-state index < -0.39 is 0 Å². The maximum absolute atomic E-state index is 6.05. The first-order chi connectivity index (χ1) is 9.15. The molecule has 19 heavy (non-hydrogen) atoms. The van der Waals surface area contributed by atoms with Crippen LogP contribution >= 0.6 is 23.2 Å². The average molecular weight is 294 g/mol. The van der Waals surface area contributed by atoms with Crippen molar-refractivity contribution in [2.75, 3.05) is 7.05 Å². The minimum atomic E-state index is 0.405. The SMILES string of the molecule is CCC(NC)c1ccc(-c2ccc(Cl)c(Cl)c2)cc1. The molecule has 0 heterocycles. The van der Waals surface area contributed by atoms with E-state index in [1.807, 2.05) is 25.2 Å². The second kappa shape index (κ2) is 6.42. The number of rotatable bonds is 4. The molecule has 0 aromatic heterocycles. The van der Waals surface area contributed by atoms with Crippen LogP contribution < -0.4 is 5.32 Å². The number of halogens is 2. The molecule has 2 aromatic rings. The van der Waals surface area contributed by atoms with Crippen LogP contribution in [0.5, 0.6) is 0 Å². The topological polar surface area (TPSA) is 12.0 Å². The van der Waals surface area contributed by atoms with Crippen molar-refractivity contribution in [1.29, 1.82) is 0 Å². The van der Waals surface area contributed by atoms with Gasteiger partial charge < -0.3 is 5.32 Å². The van der Waals surface area contributed by atoms with Gasteiger partial charge in [-0.25, -0.2) is 0 Å². The lowest BCUT2D eigenvalue weighted by atomic mass is 10.00. The van der Waals surface area contributed by atoms with Gasteiger partial charge in [-0.1, -0.05) is 60.5 Å². The van der Waals surface area contributed by atoms with Crippen LogP contribution in [-0.4, -0.2) is 7.05 Å². The summed E-state index contributed by atoms with van der Waals surface area (Å²) >= 11 is 12.0. The predicted octanol–water partition coefficient (Wildman–Crippen LogP) is 5.33. The largest absolute Gasteiger partial charge is 0.313 e. The number of hydrogen-bond acceptors (Lipinski definition) is 1. The highest BCUT2D eigenvalue weighted by Gasteiger charge is 2.07. The third-order valence-corrected chi connectivity index (χ3v) is 4.06. The second-order valence-corrected chi connectivity index (χ2v) is 5.31. The first-order valence-corrected chi connectivity index (χ1v) is 7.14. The lowest BCUT2D eigenvalue weighted by Crippen LogP contribution is -2.14. The smallest absolute Gasteiger partial charge is 0.0598 e. The van der Waals surface area contributed by atoms with Gasteiger partial charge in [-0.3, -0.25) is 0 Å². The Hall–Kier alpha value is -1.02. The number of nitrogens with one attached hydrogen (secondary N) is 1. The van der Waals surface area contributed by atoms with Gasteiger partial charge in [-0.2, -0.15) is 0 Å². The second-order valence-electron chi connectivity index (χ2n) is 4.50. The maximum Gasteiger partial charge on any atom is 0.0598 e. The van der Waals surface area contributed by atoms with Gasteiger partial charge in [-0.05, 0) is 42.3 Å². The third kappa shape index (κ3) is 3.30. The van der Waals surface area contributed by atoms with Crippen molar-refractivity contribution in [3.05, 3.63) is 58.1 Å². The maximum atomic E-state index is 6.05. The summed E-state index contributed by atoms with van der Waals surface area (Å²) in [7, 11) is 1.99. The number of hydrogen-bond donors (Lipinski definition) is 1. The van der Waals surface area contributed by atoms with Gasteiger partial charge >= 0.3 is 0 Å². The van der Waals surface area contributed by atoms with Crippen LogP contribution in [0.3, 0.4) is 0 Å². The Balaban J connectivity index is 2.29. The van der Waals surface area contributed by atoms with Crippen molar-refractivity contribution in [3.63, 3.8) is 0 Å². The van der Waals surface area contributed by atoms with Crippen molar-refractivity contribution in [1.82, 2.24) is 5.32 Å². The summed E-state index contributed by atoms with van der Waals surface area (Å²) in [5.74, 6) is 0. The van der Waals surface area contributed by atoms with Crippen LogP contribution in [0.4, 0.5) is 0 Å². The lowest BCUT2D eigenvalue weighted by Gasteiger charge is -2.14. The molecule has 0 radical (unpaired) electrons. The fraction of sp³-hybridized carbons (Fsp3) is 0.250. The molecular weight excluding hydrogens is 277 g/mol. The van der Waals surface area contributed by atoms with E-state index in [-0.39, 0.29) is 0 Å². The Morgan fingerprint density at radius 1 is 0.947 bits per heavy atom. The zero-order valence-electron chi connectivity index (χ0n) is 11.1. The van der Waals surface area contributed by atoms with E-state index in [1.54, 1.807) is 0 Å². The quantitative estimate of drug-likeness (QED) is 0.803. The molecule has 1 atom stereocenters. The van der Waals surface area contributed by atoms with Crippen LogP contribution in [0.25, 0.3) is 11.1 Å². The Kier molecular flexibility index (Phi) is 4.87. The summed E-state index contributed by atoms with van der Waals surface area (Å²) in [6.45, 7) is 2.17. The average Bonchev–Trinajstić information content (AvgIpc) is 2.44. The minimum Gasteiger partial charge on any atom is -0.313 e. The molecule has 0 aliphatic rings. The Morgan fingerprint density at radius 3 is 2.11 bits per heavy atom. The summed E-state index contributed by atoms with van der Waals surface area (Å²) in [5.41, 5.74) is 3.53. The van der Waals surface area contributed by atoms with E-state index in [2.05, 4.69) is 36.5 Å². The third-order valence-electron chi connectivity index (χ3n) is 3.32. The van der Waals surface area contributed by atoms with Gasteiger partial charge in [0.2, 0.25) is 0 Å². The highest BCUT2D eigenvalue weighted by Crippen LogP contribution is 2.29. The summed E-state index contributed by atoms with van der Waals surface area (Å²) in [6.07, 6.45) is 1.07. The molecule has 2 aromatic carbocycles. The molecular formula is C16H17Cl2N. The standard InChI is InChI=1S/C16H17Cl2N/c1-3-16(19-2)12-6-4-11(5-7-12)13-8-9-14(17)15(18)10-13/h4-10,16,19H,3H2,1-2H3. The molecule has 1 unspecified atom stereocenters. The Labute approximate surface area is 124 Å². The molecule has 1 nitrogen and oxygen atoms in total. The van der Waals surface area contributed by atoms with E-state index in [0.717, 1.165) is 17.5 Å². The molecule has 0 amide bonds. The highest BCUT2D eigenvalue weighted by atomic mass is 35.5. The van der Waals surface area contributed by atoms with E-state index in [4.69, 9.17) is 23.2 Å².